The summed E-state index contributed by atoms with van der Waals surface area (Å²) in [6.45, 7) is 8.22. The van der Waals surface area contributed by atoms with Gasteiger partial charge in [0.05, 0.1) is 0 Å². The molecule has 2 nitrogen and oxygen atoms in total. The van der Waals surface area contributed by atoms with Crippen LogP contribution in [0, 0.1) is 6.92 Å². The van der Waals surface area contributed by atoms with Gasteiger partial charge in [0.2, 0.25) is 0 Å². The van der Waals surface area contributed by atoms with Crippen LogP contribution < -0.4 is 5.73 Å². The van der Waals surface area contributed by atoms with Crippen molar-refractivity contribution in [3.8, 4) is 0 Å². The van der Waals surface area contributed by atoms with Crippen LogP contribution >= 0.6 is 0 Å². The van der Waals surface area contributed by atoms with Gasteiger partial charge in [0, 0.05) is 18.8 Å². The van der Waals surface area contributed by atoms with Crippen LogP contribution in [-0.4, -0.2) is 11.9 Å². The number of benzene rings is 1. The lowest BCUT2D eigenvalue weighted by Gasteiger charge is -2.06. The predicted molar refractivity (Wildman–Crippen MR) is 62.1 cm³/mol. The molecule has 0 radical (unpaired) electrons. The van der Waals surface area contributed by atoms with E-state index in [2.05, 4.69) is 24.9 Å². The van der Waals surface area contributed by atoms with E-state index in [1.165, 1.54) is 16.7 Å². The summed E-state index contributed by atoms with van der Waals surface area (Å²) in [5.74, 6) is 0. The van der Waals surface area contributed by atoms with E-state index in [9.17, 15) is 0 Å². The molecule has 1 heterocycles. The predicted octanol–water partition coefficient (Wildman–Crippen LogP) is 2.55. The zero-order valence-electron chi connectivity index (χ0n) is 9.59. The molecule has 0 bridgehead atoms. The molecule has 1 aliphatic rings. The summed E-state index contributed by atoms with van der Waals surface area (Å²) in [6, 6.07) is 4.15. The highest BCUT2D eigenvalue weighted by Crippen LogP contribution is 2.27. The number of hydrogen-bond donors (Lipinski definition) is 1. The van der Waals surface area contributed by atoms with E-state index in [-0.39, 0.29) is 0 Å². The Labute approximate surface area is 86.7 Å². The molecule has 1 aromatic carbocycles. The van der Waals surface area contributed by atoms with E-state index in [0.29, 0.717) is 0 Å². The third-order valence-electron chi connectivity index (χ3n) is 2.61. The lowest BCUT2D eigenvalue weighted by molar-refractivity contribution is 0.353. The van der Waals surface area contributed by atoms with Gasteiger partial charge in [-0.15, -0.1) is 0 Å². The fourth-order valence-electron chi connectivity index (χ4n) is 1.82. The third kappa shape index (κ3) is 1.90. The molecule has 1 aromatic rings. The number of nitrogens with two attached hydrogens (primary N) is 1. The number of anilines is 1. The molecule has 0 aromatic heterocycles. The molecule has 0 saturated carbocycles. The highest BCUT2D eigenvalue weighted by atomic mass is 15.1. The Bertz CT molecular complexity index is 318. The molecule has 2 heteroatoms. The Morgan fingerprint density at radius 3 is 2.50 bits per heavy atom. The summed E-state index contributed by atoms with van der Waals surface area (Å²) in [4.78, 5) is 2.30. The van der Waals surface area contributed by atoms with Crippen molar-refractivity contribution >= 4 is 5.69 Å². The summed E-state index contributed by atoms with van der Waals surface area (Å²) in [5.41, 5.74) is 10.9. The van der Waals surface area contributed by atoms with Gasteiger partial charge in [0.25, 0.3) is 0 Å². The highest BCUT2D eigenvalue weighted by Gasteiger charge is 2.17. The maximum Gasteiger partial charge on any atom is 0.0347 e. The Kier molecular flexibility index (Phi) is 3.53. The van der Waals surface area contributed by atoms with Crippen molar-refractivity contribution in [2.24, 2.45) is 0 Å². The summed E-state index contributed by atoms with van der Waals surface area (Å²) in [7, 11) is 2.13. The SMILES string of the molecule is CC.Cc1c(N)ccc2c1CN(C)C2. The average Bonchev–Trinajstić information content (AvgIpc) is 2.57. The summed E-state index contributed by atoms with van der Waals surface area (Å²) < 4.78 is 0. The molecule has 1 aliphatic heterocycles. The van der Waals surface area contributed by atoms with Crippen LogP contribution in [0.4, 0.5) is 5.69 Å². The Morgan fingerprint density at radius 1 is 1.21 bits per heavy atom. The van der Waals surface area contributed by atoms with E-state index in [1.54, 1.807) is 0 Å². The Balaban J connectivity index is 0.000000461. The number of fused-ring (bicyclic) bond motifs is 1. The van der Waals surface area contributed by atoms with E-state index in [1.807, 2.05) is 19.9 Å². The quantitative estimate of drug-likeness (QED) is 0.640. The molecular weight excluding hydrogens is 172 g/mol. The fraction of sp³-hybridized carbons (Fsp3) is 0.500. The van der Waals surface area contributed by atoms with Crippen LogP contribution in [0.2, 0.25) is 0 Å². The second kappa shape index (κ2) is 4.47. The first kappa shape index (κ1) is 11.1. The number of rotatable bonds is 0. The highest BCUT2D eigenvalue weighted by molar-refractivity contribution is 5.54. The molecule has 0 unspecified atom stereocenters. The first-order valence-corrected chi connectivity index (χ1v) is 5.24. The van der Waals surface area contributed by atoms with Crippen LogP contribution in [-0.2, 0) is 13.1 Å². The van der Waals surface area contributed by atoms with Gasteiger partial charge >= 0.3 is 0 Å². The average molecular weight is 192 g/mol. The van der Waals surface area contributed by atoms with Crippen LogP contribution in [0.5, 0.6) is 0 Å². The minimum absolute atomic E-state index is 0.920. The van der Waals surface area contributed by atoms with E-state index in [4.69, 9.17) is 5.73 Å². The second-order valence-electron chi connectivity index (χ2n) is 3.59. The third-order valence-corrected chi connectivity index (χ3v) is 2.61. The van der Waals surface area contributed by atoms with Gasteiger partial charge < -0.3 is 5.73 Å². The van der Waals surface area contributed by atoms with Gasteiger partial charge in [-0.3, -0.25) is 4.90 Å². The lowest BCUT2D eigenvalue weighted by Crippen LogP contribution is -2.07. The standard InChI is InChI=1S/C10H14N2.C2H6/c1-7-9-6-12(2)5-8(9)3-4-10(7)11;1-2/h3-4H,5-6,11H2,1-2H3;1-2H3. The molecule has 0 saturated heterocycles. The number of nitrogens with zero attached hydrogens (tertiary/aromatic N) is 1. The largest absolute Gasteiger partial charge is 0.399 e. The van der Waals surface area contributed by atoms with Crippen molar-refractivity contribution in [1.82, 2.24) is 4.90 Å². The zero-order valence-corrected chi connectivity index (χ0v) is 9.59. The van der Waals surface area contributed by atoms with Crippen LogP contribution in [0.3, 0.4) is 0 Å². The van der Waals surface area contributed by atoms with Gasteiger partial charge in [-0.25, -0.2) is 0 Å². The summed E-state index contributed by atoms with van der Waals surface area (Å²) in [5, 5.41) is 0. The topological polar surface area (TPSA) is 29.3 Å². The fourth-order valence-corrected chi connectivity index (χ4v) is 1.82. The van der Waals surface area contributed by atoms with Crippen molar-refractivity contribution in [2.45, 2.75) is 33.9 Å². The summed E-state index contributed by atoms with van der Waals surface area (Å²) in [6.07, 6.45) is 0. The van der Waals surface area contributed by atoms with E-state index < -0.39 is 0 Å². The second-order valence-corrected chi connectivity index (χ2v) is 3.59. The monoisotopic (exact) mass is 192 g/mol. The molecule has 0 aliphatic carbocycles. The van der Waals surface area contributed by atoms with Crippen molar-refractivity contribution in [3.05, 3.63) is 28.8 Å². The van der Waals surface area contributed by atoms with Crippen molar-refractivity contribution in [2.75, 3.05) is 12.8 Å². The first-order valence-electron chi connectivity index (χ1n) is 5.24. The van der Waals surface area contributed by atoms with Crippen molar-refractivity contribution in [1.29, 1.82) is 0 Å². The first-order chi connectivity index (χ1) is 6.68. The zero-order chi connectivity index (χ0) is 10.7. The van der Waals surface area contributed by atoms with Gasteiger partial charge in [0.15, 0.2) is 0 Å². The number of hydrogen-bond acceptors (Lipinski definition) is 2. The molecule has 78 valence electrons. The molecule has 0 amide bonds. The minimum atomic E-state index is 0.920. The molecule has 0 fully saturated rings. The van der Waals surface area contributed by atoms with Gasteiger partial charge in [-0.2, -0.15) is 0 Å². The molecule has 0 atom stereocenters. The van der Waals surface area contributed by atoms with Crippen LogP contribution in [0.25, 0.3) is 0 Å². The van der Waals surface area contributed by atoms with Crippen molar-refractivity contribution in [3.63, 3.8) is 0 Å². The van der Waals surface area contributed by atoms with Gasteiger partial charge in [-0.05, 0) is 36.7 Å². The normalized spacial score (nSPS) is 14.6. The maximum absolute atomic E-state index is 5.82. The van der Waals surface area contributed by atoms with Crippen LogP contribution in [0.1, 0.15) is 30.5 Å². The van der Waals surface area contributed by atoms with Gasteiger partial charge in [0.1, 0.15) is 0 Å². The van der Waals surface area contributed by atoms with E-state index >= 15 is 0 Å². The summed E-state index contributed by atoms with van der Waals surface area (Å²) >= 11 is 0. The van der Waals surface area contributed by atoms with Gasteiger partial charge in [-0.1, -0.05) is 19.9 Å². The Morgan fingerprint density at radius 2 is 1.86 bits per heavy atom. The molecule has 2 N–H and O–H groups in total. The number of nitrogen functional groups attached to an aromatic ring is 1. The minimum Gasteiger partial charge on any atom is -0.399 e. The smallest absolute Gasteiger partial charge is 0.0347 e. The molecule has 14 heavy (non-hydrogen) atoms. The van der Waals surface area contributed by atoms with Crippen molar-refractivity contribution < 1.29 is 0 Å². The molecular formula is C12H20N2. The Hall–Kier alpha value is -1.02. The lowest BCUT2D eigenvalue weighted by atomic mass is 10.0. The van der Waals surface area contributed by atoms with E-state index in [0.717, 1.165) is 18.8 Å². The van der Waals surface area contributed by atoms with Crippen LogP contribution in [0.15, 0.2) is 12.1 Å². The molecule has 2 rings (SSSR count). The maximum atomic E-state index is 5.82. The molecule has 0 spiro atoms.